The van der Waals surface area contributed by atoms with Gasteiger partial charge in [-0.15, -0.1) is 0 Å². The number of nitrogens with one attached hydrogen (secondary N) is 1. The zero-order valence-corrected chi connectivity index (χ0v) is 11.8. The molecule has 0 radical (unpaired) electrons. The topological polar surface area (TPSA) is 58.6 Å². The molecule has 0 spiro atoms. The fourth-order valence-electron chi connectivity index (χ4n) is 2.44. The zero-order valence-electron chi connectivity index (χ0n) is 11.8. The molecule has 5 heteroatoms. The molecule has 2 aromatic rings. The molecule has 1 amide bonds. The number of hydrogen-bond donors (Lipinski definition) is 2. The number of ether oxygens (including phenoxy) is 1. The molecule has 1 heterocycles. The molecule has 0 saturated carbocycles. The van der Waals surface area contributed by atoms with Crippen LogP contribution in [0.2, 0.25) is 0 Å². The first-order valence-electron chi connectivity index (χ1n) is 7.09. The molecular weight excluding hydrogens is 285 g/mol. The lowest BCUT2D eigenvalue weighted by Crippen LogP contribution is -2.39. The third kappa shape index (κ3) is 3.09. The number of hydrogen-bond acceptors (Lipinski definition) is 3. The number of aliphatic hydroxyl groups is 1. The Morgan fingerprint density at radius 2 is 2.00 bits per heavy atom. The van der Waals surface area contributed by atoms with Crippen LogP contribution < -0.4 is 10.1 Å². The zero-order chi connectivity index (χ0) is 15.5. The monoisotopic (exact) mass is 301 g/mol. The number of aliphatic hydroxyl groups excluding tert-OH is 1. The SMILES string of the molecule is O=C(NCC(O)c1ccc(F)cc1)C1Cc2ccccc2O1. The van der Waals surface area contributed by atoms with Gasteiger partial charge in [-0.1, -0.05) is 30.3 Å². The van der Waals surface area contributed by atoms with Crippen LogP contribution in [0.1, 0.15) is 17.2 Å². The van der Waals surface area contributed by atoms with Crippen LogP contribution in [-0.2, 0) is 11.2 Å². The third-order valence-electron chi connectivity index (χ3n) is 3.66. The Morgan fingerprint density at radius 1 is 1.27 bits per heavy atom. The highest BCUT2D eigenvalue weighted by Gasteiger charge is 2.28. The van der Waals surface area contributed by atoms with Crippen molar-refractivity contribution < 1.29 is 19.0 Å². The molecule has 0 saturated heterocycles. The van der Waals surface area contributed by atoms with Gasteiger partial charge in [-0.3, -0.25) is 4.79 Å². The van der Waals surface area contributed by atoms with E-state index in [1.165, 1.54) is 24.3 Å². The minimum Gasteiger partial charge on any atom is -0.480 e. The average molecular weight is 301 g/mol. The molecule has 0 fully saturated rings. The molecule has 3 rings (SSSR count). The fraction of sp³-hybridized carbons (Fsp3) is 0.235. The van der Waals surface area contributed by atoms with Gasteiger partial charge < -0.3 is 15.2 Å². The highest BCUT2D eigenvalue weighted by Crippen LogP contribution is 2.28. The lowest BCUT2D eigenvalue weighted by Gasteiger charge is -2.15. The van der Waals surface area contributed by atoms with Crippen LogP contribution in [0.15, 0.2) is 48.5 Å². The van der Waals surface area contributed by atoms with E-state index < -0.39 is 12.2 Å². The molecule has 114 valence electrons. The van der Waals surface area contributed by atoms with Gasteiger partial charge in [0.2, 0.25) is 0 Å². The van der Waals surface area contributed by atoms with E-state index in [4.69, 9.17) is 4.74 Å². The maximum atomic E-state index is 12.8. The first-order chi connectivity index (χ1) is 10.6. The van der Waals surface area contributed by atoms with E-state index in [1.54, 1.807) is 0 Å². The van der Waals surface area contributed by atoms with E-state index >= 15 is 0 Å². The minimum atomic E-state index is -0.881. The summed E-state index contributed by atoms with van der Waals surface area (Å²) in [5, 5.41) is 12.7. The van der Waals surface area contributed by atoms with Crippen LogP contribution in [0, 0.1) is 5.82 Å². The van der Waals surface area contributed by atoms with Gasteiger partial charge in [0.05, 0.1) is 6.10 Å². The van der Waals surface area contributed by atoms with E-state index in [0.29, 0.717) is 12.0 Å². The van der Waals surface area contributed by atoms with Crippen molar-refractivity contribution in [3.63, 3.8) is 0 Å². The summed E-state index contributed by atoms with van der Waals surface area (Å²) in [6.07, 6.45) is -0.930. The molecule has 2 unspecified atom stereocenters. The highest BCUT2D eigenvalue weighted by molar-refractivity contribution is 5.82. The average Bonchev–Trinajstić information content (AvgIpc) is 2.97. The normalized spacial score (nSPS) is 17.5. The van der Waals surface area contributed by atoms with Crippen molar-refractivity contribution in [1.29, 1.82) is 0 Å². The van der Waals surface area contributed by atoms with Crippen molar-refractivity contribution >= 4 is 5.91 Å². The van der Waals surface area contributed by atoms with E-state index in [2.05, 4.69) is 5.32 Å². The van der Waals surface area contributed by atoms with E-state index in [9.17, 15) is 14.3 Å². The van der Waals surface area contributed by atoms with Gasteiger partial charge in [0.25, 0.3) is 5.91 Å². The molecule has 1 aliphatic heterocycles. The Morgan fingerprint density at radius 3 is 2.73 bits per heavy atom. The summed E-state index contributed by atoms with van der Waals surface area (Å²) in [6, 6.07) is 13.1. The van der Waals surface area contributed by atoms with Gasteiger partial charge in [-0.2, -0.15) is 0 Å². The van der Waals surface area contributed by atoms with Gasteiger partial charge >= 0.3 is 0 Å². The summed E-state index contributed by atoms with van der Waals surface area (Å²) < 4.78 is 18.4. The molecule has 2 N–H and O–H groups in total. The van der Waals surface area contributed by atoms with Crippen molar-refractivity contribution in [1.82, 2.24) is 5.32 Å². The van der Waals surface area contributed by atoms with Crippen LogP contribution in [0.25, 0.3) is 0 Å². The predicted molar refractivity (Wildman–Crippen MR) is 78.9 cm³/mol. The quantitative estimate of drug-likeness (QED) is 0.908. The van der Waals surface area contributed by atoms with Crippen LogP contribution >= 0.6 is 0 Å². The van der Waals surface area contributed by atoms with Crippen molar-refractivity contribution in [3.05, 3.63) is 65.5 Å². The van der Waals surface area contributed by atoms with Gasteiger partial charge in [-0.05, 0) is 29.3 Å². The Hall–Kier alpha value is -2.40. The molecule has 22 heavy (non-hydrogen) atoms. The van der Waals surface area contributed by atoms with Crippen molar-refractivity contribution in [2.24, 2.45) is 0 Å². The number of fused-ring (bicyclic) bond motifs is 1. The molecule has 0 aliphatic carbocycles. The smallest absolute Gasteiger partial charge is 0.261 e. The first-order valence-corrected chi connectivity index (χ1v) is 7.09. The summed E-state index contributed by atoms with van der Waals surface area (Å²) in [4.78, 5) is 12.1. The highest BCUT2D eigenvalue weighted by atomic mass is 19.1. The second-order valence-corrected chi connectivity index (χ2v) is 5.23. The Kier molecular flexibility index (Phi) is 4.06. The summed E-state index contributed by atoms with van der Waals surface area (Å²) >= 11 is 0. The standard InChI is InChI=1S/C17H16FNO3/c18-13-7-5-11(6-8-13)14(20)10-19-17(21)16-9-12-3-1-2-4-15(12)22-16/h1-8,14,16,20H,9-10H2,(H,19,21). The van der Waals surface area contributed by atoms with Crippen LogP contribution in [-0.4, -0.2) is 23.7 Å². The number of para-hydroxylation sites is 1. The maximum Gasteiger partial charge on any atom is 0.261 e. The van der Waals surface area contributed by atoms with Crippen molar-refractivity contribution in [2.75, 3.05) is 6.54 Å². The summed E-state index contributed by atoms with van der Waals surface area (Å²) in [6.45, 7) is 0.0562. The molecule has 4 nitrogen and oxygen atoms in total. The summed E-state index contributed by atoms with van der Waals surface area (Å²) in [5.74, 6) is 0.0937. The van der Waals surface area contributed by atoms with Gasteiger partial charge in [0.15, 0.2) is 6.10 Å². The van der Waals surface area contributed by atoms with Crippen LogP contribution in [0.5, 0.6) is 5.75 Å². The van der Waals surface area contributed by atoms with Crippen molar-refractivity contribution in [2.45, 2.75) is 18.6 Å². The molecule has 0 aromatic heterocycles. The number of amides is 1. The second-order valence-electron chi connectivity index (χ2n) is 5.23. The molecule has 2 aromatic carbocycles. The summed E-state index contributed by atoms with van der Waals surface area (Å²) in [5.41, 5.74) is 1.55. The van der Waals surface area contributed by atoms with E-state index in [1.807, 2.05) is 24.3 Å². The molecular formula is C17H16FNO3. The van der Waals surface area contributed by atoms with Crippen LogP contribution in [0.4, 0.5) is 4.39 Å². The summed E-state index contributed by atoms with van der Waals surface area (Å²) in [7, 11) is 0. The van der Waals surface area contributed by atoms with Gasteiger partial charge in [0, 0.05) is 13.0 Å². The van der Waals surface area contributed by atoms with Gasteiger partial charge in [0.1, 0.15) is 11.6 Å². The molecule has 1 aliphatic rings. The molecule has 0 bridgehead atoms. The largest absolute Gasteiger partial charge is 0.480 e. The fourth-order valence-corrected chi connectivity index (χ4v) is 2.44. The maximum absolute atomic E-state index is 12.8. The minimum absolute atomic E-state index is 0.0562. The van der Waals surface area contributed by atoms with Gasteiger partial charge in [-0.25, -0.2) is 4.39 Å². The number of carbonyl (C=O) groups excluding carboxylic acids is 1. The second kappa shape index (κ2) is 6.15. The predicted octanol–water partition coefficient (Wildman–Crippen LogP) is 1.98. The van der Waals surface area contributed by atoms with E-state index in [-0.39, 0.29) is 18.3 Å². The lowest BCUT2D eigenvalue weighted by molar-refractivity contribution is -0.127. The number of benzene rings is 2. The first kappa shape index (κ1) is 14.5. The number of rotatable bonds is 4. The number of carbonyl (C=O) groups is 1. The lowest BCUT2D eigenvalue weighted by atomic mass is 10.1. The Labute approximate surface area is 127 Å². The van der Waals surface area contributed by atoms with Crippen LogP contribution in [0.3, 0.4) is 0 Å². The third-order valence-corrected chi connectivity index (χ3v) is 3.66. The Balaban J connectivity index is 1.54. The molecule has 2 atom stereocenters. The van der Waals surface area contributed by atoms with E-state index in [0.717, 1.165) is 11.3 Å². The van der Waals surface area contributed by atoms with Crippen molar-refractivity contribution in [3.8, 4) is 5.75 Å². The number of halogens is 1. The Bertz CT molecular complexity index is 647.